The largest absolute Gasteiger partial charge is 0.378 e. The van der Waals surface area contributed by atoms with Gasteiger partial charge in [0.15, 0.2) is 0 Å². The van der Waals surface area contributed by atoms with Crippen LogP contribution < -0.4 is 10.6 Å². The predicted octanol–water partition coefficient (Wildman–Crippen LogP) is 2.62. The van der Waals surface area contributed by atoms with E-state index in [1.165, 1.54) is 0 Å². The maximum Gasteiger partial charge on any atom is 0.252 e. The van der Waals surface area contributed by atoms with Gasteiger partial charge in [-0.25, -0.2) is 0 Å². The number of hydrogen-bond acceptors (Lipinski definition) is 3. The summed E-state index contributed by atoms with van der Waals surface area (Å²) in [5, 5.41) is 15.5. The fourth-order valence-electron chi connectivity index (χ4n) is 2.16. The van der Waals surface area contributed by atoms with Crippen molar-refractivity contribution in [3.8, 4) is 11.8 Å². The molecule has 3 N–H and O–H groups in total. The third-order valence-corrected chi connectivity index (χ3v) is 3.78. The van der Waals surface area contributed by atoms with E-state index in [0.717, 1.165) is 0 Å². The van der Waals surface area contributed by atoms with E-state index >= 15 is 0 Å². The molecule has 5 nitrogen and oxygen atoms in total. The number of nitrogens with one attached hydrogen (secondary N) is 2. The molecule has 0 saturated carbocycles. The second-order valence-corrected chi connectivity index (χ2v) is 6.79. The molecule has 0 aromatic heterocycles. The normalized spacial score (nSPS) is 10.5. The second kappa shape index (κ2) is 9.22. The molecule has 2 amide bonds. The minimum atomic E-state index is -1.10. The van der Waals surface area contributed by atoms with Crippen LogP contribution in [-0.2, 0) is 0 Å². The molecule has 2 aromatic carbocycles. The molecule has 0 spiro atoms. The molecule has 27 heavy (non-hydrogen) atoms. The monoisotopic (exact) mass is 384 g/mol. The fourth-order valence-corrected chi connectivity index (χ4v) is 2.38. The summed E-state index contributed by atoms with van der Waals surface area (Å²) in [5.41, 5.74) is 0.383. The average Bonchev–Trinajstić information content (AvgIpc) is 2.63. The Morgan fingerprint density at radius 3 is 2.37 bits per heavy atom. The lowest BCUT2D eigenvalue weighted by molar-refractivity contribution is 0.0927. The van der Waals surface area contributed by atoms with Crippen LogP contribution in [0.2, 0.25) is 5.02 Å². The van der Waals surface area contributed by atoms with Gasteiger partial charge < -0.3 is 15.7 Å². The van der Waals surface area contributed by atoms with E-state index in [1.807, 2.05) is 0 Å². The minimum Gasteiger partial charge on any atom is -0.378 e. The number of carbonyl (C=O) groups is 2. The maximum absolute atomic E-state index is 12.2. The Kier molecular flexibility index (Phi) is 7.00. The van der Waals surface area contributed by atoms with Crippen molar-refractivity contribution in [1.29, 1.82) is 0 Å². The van der Waals surface area contributed by atoms with Crippen molar-refractivity contribution < 1.29 is 14.7 Å². The van der Waals surface area contributed by atoms with Crippen molar-refractivity contribution in [3.05, 3.63) is 70.2 Å². The highest BCUT2D eigenvalue weighted by atomic mass is 35.5. The minimum absolute atomic E-state index is 0.270. The number of carbonyl (C=O) groups excluding carboxylic acids is 2. The number of rotatable bonds is 5. The number of hydrogen-bond donors (Lipinski definition) is 3. The smallest absolute Gasteiger partial charge is 0.252 e. The zero-order chi connectivity index (χ0) is 19.9. The van der Waals surface area contributed by atoms with Gasteiger partial charge in [-0.2, -0.15) is 0 Å². The molecule has 2 rings (SSSR count). The van der Waals surface area contributed by atoms with Gasteiger partial charge in [-0.15, -0.1) is 0 Å². The first-order chi connectivity index (χ1) is 12.8. The standard InChI is InChI=1S/C21H21ClN2O3/c1-21(2,27)11-10-15-6-5-7-16(14-15)19(25)23-12-13-24-20(26)17-8-3-4-9-18(17)22/h3-9,14,27H,12-13H2,1-2H3,(H,23,25)(H,24,26). The zero-order valence-electron chi connectivity index (χ0n) is 15.2. The van der Waals surface area contributed by atoms with Gasteiger partial charge >= 0.3 is 0 Å². The lowest BCUT2D eigenvalue weighted by Gasteiger charge is -2.08. The van der Waals surface area contributed by atoms with Gasteiger partial charge in [0.25, 0.3) is 11.8 Å². The summed E-state index contributed by atoms with van der Waals surface area (Å²) in [6.07, 6.45) is 0. The van der Waals surface area contributed by atoms with Crippen molar-refractivity contribution in [3.63, 3.8) is 0 Å². The molecule has 0 aliphatic heterocycles. The Bertz CT molecular complexity index is 892. The van der Waals surface area contributed by atoms with E-state index < -0.39 is 5.60 Å². The van der Waals surface area contributed by atoms with Crippen LogP contribution in [0, 0.1) is 11.8 Å². The molecule has 0 unspecified atom stereocenters. The number of amides is 2. The van der Waals surface area contributed by atoms with Crippen LogP contribution in [0.3, 0.4) is 0 Å². The van der Waals surface area contributed by atoms with Gasteiger partial charge in [0.05, 0.1) is 10.6 Å². The fraction of sp³-hybridized carbons (Fsp3) is 0.238. The highest BCUT2D eigenvalue weighted by molar-refractivity contribution is 6.33. The number of aliphatic hydroxyl groups is 1. The molecule has 0 aliphatic carbocycles. The van der Waals surface area contributed by atoms with E-state index in [0.29, 0.717) is 21.7 Å². The van der Waals surface area contributed by atoms with Crippen molar-refractivity contribution in [2.24, 2.45) is 0 Å². The summed E-state index contributed by atoms with van der Waals surface area (Å²) in [4.78, 5) is 24.3. The molecule has 0 radical (unpaired) electrons. The predicted molar refractivity (Wildman–Crippen MR) is 106 cm³/mol. The SMILES string of the molecule is CC(C)(O)C#Cc1cccc(C(=O)NCCNC(=O)c2ccccc2Cl)c1. The highest BCUT2D eigenvalue weighted by Gasteiger charge is 2.10. The van der Waals surface area contributed by atoms with E-state index in [1.54, 1.807) is 62.4 Å². The lowest BCUT2D eigenvalue weighted by Crippen LogP contribution is -2.34. The number of halogens is 1. The molecule has 0 bridgehead atoms. The first kappa shape index (κ1) is 20.5. The summed E-state index contributed by atoms with van der Waals surface area (Å²) in [5.74, 6) is 4.98. The molecule has 6 heteroatoms. The summed E-state index contributed by atoms with van der Waals surface area (Å²) in [6, 6.07) is 13.6. The van der Waals surface area contributed by atoms with Crippen LogP contribution in [0.5, 0.6) is 0 Å². The van der Waals surface area contributed by atoms with Crippen LogP contribution in [0.15, 0.2) is 48.5 Å². The maximum atomic E-state index is 12.2. The molecular weight excluding hydrogens is 364 g/mol. The quantitative estimate of drug-likeness (QED) is 0.547. The molecular formula is C21H21ClN2O3. The first-order valence-electron chi connectivity index (χ1n) is 8.43. The Labute approximate surface area is 163 Å². The van der Waals surface area contributed by atoms with Crippen molar-refractivity contribution >= 4 is 23.4 Å². The van der Waals surface area contributed by atoms with Gasteiger partial charge in [0.2, 0.25) is 0 Å². The third kappa shape index (κ3) is 6.78. The van der Waals surface area contributed by atoms with Crippen LogP contribution in [0.25, 0.3) is 0 Å². The molecule has 0 saturated heterocycles. The summed E-state index contributed by atoms with van der Waals surface area (Å²) < 4.78 is 0. The Hall–Kier alpha value is -2.81. The van der Waals surface area contributed by atoms with Crippen LogP contribution >= 0.6 is 11.6 Å². The Morgan fingerprint density at radius 1 is 1.04 bits per heavy atom. The molecule has 0 aliphatic rings. The second-order valence-electron chi connectivity index (χ2n) is 6.38. The van der Waals surface area contributed by atoms with Crippen LogP contribution in [0.4, 0.5) is 0 Å². The Balaban J connectivity index is 1.86. The van der Waals surface area contributed by atoms with Gasteiger partial charge in [0, 0.05) is 24.2 Å². The van der Waals surface area contributed by atoms with E-state index in [9.17, 15) is 14.7 Å². The third-order valence-electron chi connectivity index (χ3n) is 3.45. The summed E-state index contributed by atoms with van der Waals surface area (Å²) in [6.45, 7) is 3.73. The summed E-state index contributed by atoms with van der Waals surface area (Å²) in [7, 11) is 0. The van der Waals surface area contributed by atoms with Gasteiger partial charge in [0.1, 0.15) is 5.60 Å². The Morgan fingerprint density at radius 2 is 1.70 bits per heavy atom. The summed E-state index contributed by atoms with van der Waals surface area (Å²) >= 11 is 5.97. The highest BCUT2D eigenvalue weighted by Crippen LogP contribution is 2.14. The molecule has 0 heterocycles. The zero-order valence-corrected chi connectivity index (χ0v) is 15.9. The van der Waals surface area contributed by atoms with Gasteiger partial charge in [-0.05, 0) is 44.2 Å². The van der Waals surface area contributed by atoms with Gasteiger partial charge in [-0.1, -0.05) is 41.6 Å². The van der Waals surface area contributed by atoms with E-state index in [-0.39, 0.29) is 24.9 Å². The molecule has 140 valence electrons. The topological polar surface area (TPSA) is 78.4 Å². The van der Waals surface area contributed by atoms with Crippen molar-refractivity contribution in [2.75, 3.05) is 13.1 Å². The number of benzene rings is 2. The van der Waals surface area contributed by atoms with E-state index in [4.69, 9.17) is 11.6 Å². The molecule has 2 aromatic rings. The first-order valence-corrected chi connectivity index (χ1v) is 8.80. The molecule has 0 fully saturated rings. The van der Waals surface area contributed by atoms with Crippen LogP contribution in [0.1, 0.15) is 40.1 Å². The molecule has 0 atom stereocenters. The van der Waals surface area contributed by atoms with Crippen molar-refractivity contribution in [1.82, 2.24) is 10.6 Å². The van der Waals surface area contributed by atoms with Crippen LogP contribution in [-0.4, -0.2) is 35.6 Å². The van der Waals surface area contributed by atoms with Gasteiger partial charge in [-0.3, -0.25) is 9.59 Å². The van der Waals surface area contributed by atoms with E-state index in [2.05, 4.69) is 22.5 Å². The average molecular weight is 385 g/mol. The lowest BCUT2D eigenvalue weighted by atomic mass is 10.1. The van der Waals surface area contributed by atoms with Crippen molar-refractivity contribution in [2.45, 2.75) is 19.4 Å².